The highest BCUT2D eigenvalue weighted by atomic mass is 16.2. The monoisotopic (exact) mass is 495 g/mol. The van der Waals surface area contributed by atoms with Crippen LogP contribution in [0.25, 0.3) is 5.69 Å². The number of nitrogens with one attached hydrogen (secondary N) is 2. The lowest BCUT2D eigenvalue weighted by atomic mass is 10.0. The van der Waals surface area contributed by atoms with Gasteiger partial charge in [-0.2, -0.15) is 5.10 Å². The number of hydrogen-bond donors (Lipinski definition) is 3. The first kappa shape index (κ1) is 25.5. The molecule has 0 fully saturated rings. The molecule has 1 aromatic heterocycles. The quantitative estimate of drug-likeness (QED) is 0.277. The van der Waals surface area contributed by atoms with Crippen LogP contribution in [-0.4, -0.2) is 33.4 Å². The predicted molar refractivity (Wildman–Crippen MR) is 141 cm³/mol. The molecular weight excluding hydrogens is 466 g/mol. The van der Waals surface area contributed by atoms with Crippen molar-refractivity contribution in [3.63, 3.8) is 0 Å². The minimum atomic E-state index is -1.10. The average molecular weight is 496 g/mol. The number of aryl methyl sites for hydroxylation is 1. The summed E-state index contributed by atoms with van der Waals surface area (Å²) in [5, 5.41) is 10.6. The van der Waals surface area contributed by atoms with Gasteiger partial charge in [0.15, 0.2) is 0 Å². The number of carbonyl (C=O) groups excluding carboxylic acids is 3. The van der Waals surface area contributed by atoms with E-state index in [0.29, 0.717) is 17.9 Å². The van der Waals surface area contributed by atoms with Crippen molar-refractivity contribution >= 4 is 17.6 Å². The molecule has 0 saturated heterocycles. The van der Waals surface area contributed by atoms with Crippen molar-refractivity contribution in [3.05, 3.63) is 119 Å². The Morgan fingerprint density at radius 1 is 0.838 bits per heavy atom. The molecule has 1 heterocycles. The van der Waals surface area contributed by atoms with Crippen LogP contribution in [0.1, 0.15) is 32.9 Å². The summed E-state index contributed by atoms with van der Waals surface area (Å²) in [4.78, 5) is 37.5. The van der Waals surface area contributed by atoms with Crippen molar-refractivity contribution in [2.24, 2.45) is 5.73 Å². The molecule has 0 aliphatic carbocycles. The highest BCUT2D eigenvalue weighted by molar-refractivity contribution is 6.38. The lowest BCUT2D eigenvalue weighted by Crippen LogP contribution is -2.47. The normalized spacial score (nSPS) is 11.6. The highest BCUT2D eigenvalue weighted by Gasteiger charge is 2.27. The van der Waals surface area contributed by atoms with Gasteiger partial charge in [0.05, 0.1) is 11.4 Å². The first-order valence-corrected chi connectivity index (χ1v) is 12.0. The van der Waals surface area contributed by atoms with E-state index in [1.54, 1.807) is 17.7 Å². The van der Waals surface area contributed by atoms with E-state index in [1.165, 1.54) is 5.56 Å². The Labute approximate surface area is 215 Å². The number of ketones is 1. The summed E-state index contributed by atoms with van der Waals surface area (Å²) in [5.74, 6) is -2.48. The van der Waals surface area contributed by atoms with Gasteiger partial charge in [-0.1, -0.05) is 72.8 Å². The Bertz CT molecular complexity index is 1380. The molecule has 4 N–H and O–H groups in total. The van der Waals surface area contributed by atoms with E-state index >= 15 is 0 Å². The first-order chi connectivity index (χ1) is 17.9. The molecule has 0 radical (unpaired) electrons. The maximum Gasteiger partial charge on any atom is 0.287 e. The Kier molecular flexibility index (Phi) is 8.22. The van der Waals surface area contributed by atoms with Crippen LogP contribution in [0.4, 0.5) is 0 Å². The van der Waals surface area contributed by atoms with Crippen LogP contribution in [-0.2, 0) is 29.1 Å². The van der Waals surface area contributed by atoms with E-state index in [0.717, 1.165) is 17.7 Å². The number of hydrogen-bond acceptors (Lipinski definition) is 5. The minimum absolute atomic E-state index is 0.143. The van der Waals surface area contributed by atoms with Gasteiger partial charge in [-0.15, -0.1) is 0 Å². The molecule has 0 spiro atoms. The second-order valence-corrected chi connectivity index (χ2v) is 8.79. The van der Waals surface area contributed by atoms with Gasteiger partial charge in [0.2, 0.25) is 5.78 Å². The Hall–Kier alpha value is -4.56. The van der Waals surface area contributed by atoms with Crippen molar-refractivity contribution in [1.82, 2.24) is 20.4 Å². The highest BCUT2D eigenvalue weighted by Crippen LogP contribution is 2.16. The van der Waals surface area contributed by atoms with E-state index in [2.05, 4.69) is 27.9 Å². The molecule has 0 saturated carbocycles. The minimum Gasteiger partial charge on any atom is -0.363 e. The molecule has 2 amide bonds. The van der Waals surface area contributed by atoms with E-state index in [9.17, 15) is 14.4 Å². The predicted octanol–water partition coefficient (Wildman–Crippen LogP) is 2.87. The number of nitrogens with zero attached hydrogens (tertiary/aromatic N) is 2. The SMILES string of the molecule is Cc1cc(C(=O)N[C@@H](Cc2ccccc2)C(=O)C(N)=O)n(-c2cccc(CNCc3ccccc3)c2)n1. The third-order valence-corrected chi connectivity index (χ3v) is 5.87. The summed E-state index contributed by atoms with van der Waals surface area (Å²) in [6, 6.07) is 27.5. The summed E-state index contributed by atoms with van der Waals surface area (Å²) < 4.78 is 1.54. The molecular formula is C29H29N5O3. The Balaban J connectivity index is 1.52. The van der Waals surface area contributed by atoms with Crippen molar-refractivity contribution in [2.75, 3.05) is 0 Å². The first-order valence-electron chi connectivity index (χ1n) is 12.0. The lowest BCUT2D eigenvalue weighted by Gasteiger charge is -2.17. The summed E-state index contributed by atoms with van der Waals surface area (Å²) in [5.41, 5.74) is 9.87. The standard InChI is InChI=1S/C29H29N5O3/c1-20-15-26(29(37)32-25(27(35)28(30)36)17-21-9-4-2-5-10-21)34(33-20)24-14-8-13-23(16-24)19-31-18-22-11-6-3-7-12-22/h2-16,25,31H,17-19H2,1H3,(H2,30,36)(H,32,37)/t25-/m0/s1. The van der Waals surface area contributed by atoms with Crippen LogP contribution in [0.15, 0.2) is 91.0 Å². The number of rotatable bonds is 11. The molecule has 4 rings (SSSR count). The molecule has 0 aliphatic heterocycles. The molecule has 37 heavy (non-hydrogen) atoms. The van der Waals surface area contributed by atoms with Gasteiger partial charge in [-0.05, 0) is 41.8 Å². The maximum atomic E-state index is 13.3. The van der Waals surface area contributed by atoms with Crippen molar-refractivity contribution in [2.45, 2.75) is 32.5 Å². The van der Waals surface area contributed by atoms with Crippen LogP contribution in [0.2, 0.25) is 0 Å². The number of primary amides is 1. The number of Topliss-reactive ketones (excluding diaryl/α,β-unsaturated/α-hetero) is 1. The van der Waals surface area contributed by atoms with E-state index in [4.69, 9.17) is 5.73 Å². The molecule has 0 bridgehead atoms. The van der Waals surface area contributed by atoms with Crippen LogP contribution < -0.4 is 16.4 Å². The van der Waals surface area contributed by atoms with E-state index in [-0.39, 0.29) is 12.1 Å². The van der Waals surface area contributed by atoms with Crippen molar-refractivity contribution < 1.29 is 14.4 Å². The Morgan fingerprint density at radius 2 is 1.46 bits per heavy atom. The fraction of sp³-hybridized carbons (Fsp3) is 0.172. The zero-order valence-corrected chi connectivity index (χ0v) is 20.6. The summed E-state index contributed by atoms with van der Waals surface area (Å²) in [6.07, 6.45) is 0.143. The smallest absolute Gasteiger partial charge is 0.287 e. The van der Waals surface area contributed by atoms with E-state index < -0.39 is 23.6 Å². The molecule has 8 heteroatoms. The van der Waals surface area contributed by atoms with Crippen molar-refractivity contribution in [1.29, 1.82) is 0 Å². The molecule has 8 nitrogen and oxygen atoms in total. The second-order valence-electron chi connectivity index (χ2n) is 8.79. The van der Waals surface area contributed by atoms with Gasteiger partial charge in [0, 0.05) is 19.5 Å². The van der Waals surface area contributed by atoms with Gasteiger partial charge < -0.3 is 16.4 Å². The number of carbonyl (C=O) groups is 3. The van der Waals surface area contributed by atoms with Gasteiger partial charge in [0.25, 0.3) is 11.8 Å². The summed E-state index contributed by atoms with van der Waals surface area (Å²) in [6.45, 7) is 3.15. The molecule has 0 unspecified atom stereocenters. The fourth-order valence-electron chi connectivity index (χ4n) is 4.07. The second kappa shape index (κ2) is 11.9. The van der Waals surface area contributed by atoms with Crippen molar-refractivity contribution in [3.8, 4) is 5.69 Å². The molecule has 0 aliphatic rings. The van der Waals surface area contributed by atoms with Crippen LogP contribution in [0.5, 0.6) is 0 Å². The third-order valence-electron chi connectivity index (χ3n) is 5.87. The zero-order valence-electron chi connectivity index (χ0n) is 20.6. The fourth-order valence-corrected chi connectivity index (χ4v) is 4.07. The maximum absolute atomic E-state index is 13.3. The van der Waals surface area contributed by atoms with Crippen LogP contribution in [0.3, 0.4) is 0 Å². The van der Waals surface area contributed by atoms with Gasteiger partial charge in [-0.3, -0.25) is 14.4 Å². The molecule has 3 aromatic carbocycles. The van der Waals surface area contributed by atoms with Gasteiger partial charge in [0.1, 0.15) is 11.7 Å². The summed E-state index contributed by atoms with van der Waals surface area (Å²) in [7, 11) is 0. The Morgan fingerprint density at radius 3 is 2.14 bits per heavy atom. The summed E-state index contributed by atoms with van der Waals surface area (Å²) >= 11 is 0. The number of aromatic nitrogens is 2. The topological polar surface area (TPSA) is 119 Å². The largest absolute Gasteiger partial charge is 0.363 e. The van der Waals surface area contributed by atoms with Gasteiger partial charge in [-0.25, -0.2) is 4.68 Å². The number of amides is 2. The van der Waals surface area contributed by atoms with Gasteiger partial charge >= 0.3 is 0 Å². The van der Waals surface area contributed by atoms with E-state index in [1.807, 2.05) is 72.8 Å². The molecule has 4 aromatic rings. The molecule has 188 valence electrons. The van der Waals surface area contributed by atoms with Crippen LogP contribution >= 0.6 is 0 Å². The zero-order chi connectivity index (χ0) is 26.2. The third kappa shape index (κ3) is 6.77. The van der Waals surface area contributed by atoms with Crippen LogP contribution in [0, 0.1) is 6.92 Å². The number of benzene rings is 3. The number of nitrogens with two attached hydrogens (primary N) is 1. The lowest BCUT2D eigenvalue weighted by molar-refractivity contribution is -0.137. The average Bonchev–Trinajstić information content (AvgIpc) is 3.31. The molecule has 1 atom stereocenters.